The van der Waals surface area contributed by atoms with E-state index >= 15 is 0 Å². The van der Waals surface area contributed by atoms with Crippen LogP contribution in [0, 0.1) is 0 Å². The average Bonchev–Trinajstić information content (AvgIpc) is 2.48. The summed E-state index contributed by atoms with van der Waals surface area (Å²) in [5.74, 6) is -0.940. The Bertz CT molecular complexity index is 699. The maximum Gasteiger partial charge on any atom is 0.258 e. The van der Waals surface area contributed by atoms with Gasteiger partial charge in [-0.3, -0.25) is 9.59 Å². The molecule has 1 unspecified atom stereocenters. The number of phenols is 1. The third-order valence-electron chi connectivity index (χ3n) is 2.79. The molecule has 2 N–H and O–H groups in total. The topological polar surface area (TPSA) is 91.1 Å². The Balaban J connectivity index is 2.13. The second-order valence-corrected chi connectivity index (χ2v) is 4.60. The Hall–Kier alpha value is -3.02. The van der Waals surface area contributed by atoms with Crippen LogP contribution in [0.1, 0.15) is 6.92 Å². The molecule has 2 aromatic rings. The van der Waals surface area contributed by atoms with Gasteiger partial charge in [0, 0.05) is 11.8 Å². The van der Waals surface area contributed by atoms with Crippen LogP contribution in [0.3, 0.4) is 0 Å². The first-order valence-corrected chi connectivity index (χ1v) is 6.62. The molecule has 0 saturated heterocycles. The molecule has 1 atom stereocenters. The molecule has 0 aliphatic heterocycles. The summed E-state index contributed by atoms with van der Waals surface area (Å²) in [4.78, 5) is 23.7. The van der Waals surface area contributed by atoms with Crippen molar-refractivity contribution >= 4 is 23.1 Å². The van der Waals surface area contributed by atoms with Crippen LogP contribution < -0.4 is 5.32 Å². The lowest BCUT2D eigenvalue weighted by Gasteiger charge is -2.09. The number of azo groups is 1. The largest absolute Gasteiger partial charge is 0.508 e. The van der Waals surface area contributed by atoms with Crippen molar-refractivity contribution in [2.24, 2.45) is 10.2 Å². The van der Waals surface area contributed by atoms with Gasteiger partial charge in [0.25, 0.3) is 5.91 Å². The maximum absolute atomic E-state index is 12.1. The van der Waals surface area contributed by atoms with Gasteiger partial charge in [-0.2, -0.15) is 10.2 Å². The lowest BCUT2D eigenvalue weighted by atomic mass is 10.2. The molecule has 0 saturated carbocycles. The molecular weight excluding hydrogens is 282 g/mol. The molecule has 0 aromatic heterocycles. The van der Waals surface area contributed by atoms with E-state index in [4.69, 9.17) is 0 Å². The smallest absolute Gasteiger partial charge is 0.258 e. The molecule has 0 bridgehead atoms. The van der Waals surface area contributed by atoms with Gasteiger partial charge >= 0.3 is 0 Å². The van der Waals surface area contributed by atoms with Gasteiger partial charge in [0.2, 0.25) is 6.04 Å². The number of nitrogens with zero attached hydrogens (tertiary/aromatic N) is 2. The van der Waals surface area contributed by atoms with Crippen LogP contribution >= 0.6 is 0 Å². The van der Waals surface area contributed by atoms with Crippen LogP contribution in [0.25, 0.3) is 0 Å². The fraction of sp³-hybridized carbons (Fsp3) is 0.125. The van der Waals surface area contributed by atoms with Crippen LogP contribution in [0.5, 0.6) is 5.75 Å². The Labute approximate surface area is 127 Å². The lowest BCUT2D eigenvalue weighted by molar-refractivity contribution is -0.126. The van der Waals surface area contributed by atoms with Crippen LogP contribution in [-0.4, -0.2) is 22.8 Å². The van der Waals surface area contributed by atoms with Gasteiger partial charge < -0.3 is 10.4 Å². The first kappa shape index (κ1) is 15.4. The van der Waals surface area contributed by atoms with Gasteiger partial charge in [-0.15, -0.1) is 0 Å². The van der Waals surface area contributed by atoms with E-state index in [1.54, 1.807) is 36.4 Å². The van der Waals surface area contributed by atoms with E-state index in [2.05, 4.69) is 15.5 Å². The number of aromatic hydroxyl groups is 1. The fourth-order valence-electron chi connectivity index (χ4n) is 1.73. The van der Waals surface area contributed by atoms with Gasteiger partial charge in [0.05, 0.1) is 5.69 Å². The summed E-state index contributed by atoms with van der Waals surface area (Å²) in [6.45, 7) is 1.27. The van der Waals surface area contributed by atoms with E-state index in [9.17, 15) is 14.7 Å². The summed E-state index contributed by atoms with van der Waals surface area (Å²) in [6.07, 6.45) is 0. The van der Waals surface area contributed by atoms with Crippen molar-refractivity contribution in [3.63, 3.8) is 0 Å². The van der Waals surface area contributed by atoms with Crippen molar-refractivity contribution in [2.75, 3.05) is 5.32 Å². The van der Waals surface area contributed by atoms with E-state index in [0.29, 0.717) is 11.4 Å². The van der Waals surface area contributed by atoms with Gasteiger partial charge in [-0.05, 0) is 31.2 Å². The van der Waals surface area contributed by atoms with Crippen molar-refractivity contribution < 1.29 is 14.7 Å². The zero-order valence-electron chi connectivity index (χ0n) is 11.9. The third-order valence-corrected chi connectivity index (χ3v) is 2.79. The fourth-order valence-corrected chi connectivity index (χ4v) is 1.73. The first-order chi connectivity index (χ1) is 10.6. The van der Waals surface area contributed by atoms with E-state index in [0.717, 1.165) is 0 Å². The number of hydrogen-bond donors (Lipinski definition) is 2. The first-order valence-electron chi connectivity index (χ1n) is 6.62. The van der Waals surface area contributed by atoms with Crippen molar-refractivity contribution in [2.45, 2.75) is 13.0 Å². The van der Waals surface area contributed by atoms with Crippen molar-refractivity contribution in [1.82, 2.24) is 0 Å². The zero-order chi connectivity index (χ0) is 15.9. The summed E-state index contributed by atoms with van der Waals surface area (Å²) in [6, 6.07) is 13.6. The minimum absolute atomic E-state index is 0.0320. The van der Waals surface area contributed by atoms with E-state index in [-0.39, 0.29) is 5.75 Å². The summed E-state index contributed by atoms with van der Waals surface area (Å²) in [7, 11) is 0. The zero-order valence-corrected chi connectivity index (χ0v) is 11.9. The number of rotatable bonds is 5. The highest BCUT2D eigenvalue weighted by atomic mass is 16.3. The minimum Gasteiger partial charge on any atom is -0.508 e. The Morgan fingerprint density at radius 1 is 1.09 bits per heavy atom. The lowest BCUT2D eigenvalue weighted by Crippen LogP contribution is -2.31. The highest BCUT2D eigenvalue weighted by Crippen LogP contribution is 2.19. The number of anilines is 1. The van der Waals surface area contributed by atoms with Crippen LogP contribution in [0.4, 0.5) is 11.4 Å². The summed E-state index contributed by atoms with van der Waals surface area (Å²) >= 11 is 0. The van der Waals surface area contributed by atoms with Gasteiger partial charge in [0.1, 0.15) is 5.75 Å². The number of Topliss-reactive ketones (excluding diaryl/α,β-unsaturated/α-hetero) is 1. The molecule has 0 fully saturated rings. The number of carbonyl (C=O) groups is 2. The monoisotopic (exact) mass is 297 g/mol. The van der Waals surface area contributed by atoms with Crippen molar-refractivity contribution in [1.29, 1.82) is 0 Å². The van der Waals surface area contributed by atoms with Crippen molar-refractivity contribution in [3.8, 4) is 5.75 Å². The number of hydrogen-bond acceptors (Lipinski definition) is 5. The molecular formula is C16H15N3O3. The summed E-state index contributed by atoms with van der Waals surface area (Å²) in [5, 5.41) is 19.6. The molecule has 0 aliphatic rings. The minimum atomic E-state index is -1.23. The molecule has 2 rings (SSSR count). The highest BCUT2D eigenvalue weighted by Gasteiger charge is 2.23. The molecule has 1 amide bonds. The number of nitrogens with one attached hydrogen (secondary N) is 1. The van der Waals surface area contributed by atoms with E-state index < -0.39 is 17.7 Å². The van der Waals surface area contributed by atoms with E-state index in [1.165, 1.54) is 19.1 Å². The van der Waals surface area contributed by atoms with Gasteiger partial charge in [-0.25, -0.2) is 0 Å². The maximum atomic E-state index is 12.1. The van der Waals surface area contributed by atoms with Crippen LogP contribution in [0.15, 0.2) is 64.8 Å². The molecule has 0 heterocycles. The van der Waals surface area contributed by atoms with Crippen molar-refractivity contribution in [3.05, 3.63) is 54.6 Å². The standard InChI is InChI=1S/C16H15N3O3/c1-11(20)15(16(22)17-12-6-3-2-4-7-12)19-18-13-8-5-9-14(21)10-13/h2-10,15,21H,1H3,(H,17,22). The van der Waals surface area contributed by atoms with Crippen LogP contribution in [0.2, 0.25) is 0 Å². The number of para-hydroxylation sites is 1. The molecule has 22 heavy (non-hydrogen) atoms. The second-order valence-electron chi connectivity index (χ2n) is 4.60. The van der Waals surface area contributed by atoms with Crippen LogP contribution in [-0.2, 0) is 9.59 Å². The summed E-state index contributed by atoms with van der Waals surface area (Å²) in [5.41, 5.74) is 0.935. The second kappa shape index (κ2) is 7.12. The molecule has 0 aliphatic carbocycles. The molecule has 112 valence electrons. The quantitative estimate of drug-likeness (QED) is 0.656. The average molecular weight is 297 g/mol. The Morgan fingerprint density at radius 2 is 1.82 bits per heavy atom. The van der Waals surface area contributed by atoms with E-state index in [1.807, 2.05) is 6.07 Å². The normalized spacial score (nSPS) is 12.0. The number of carbonyl (C=O) groups excluding carboxylic acids is 2. The molecule has 0 spiro atoms. The highest BCUT2D eigenvalue weighted by molar-refractivity contribution is 6.10. The predicted molar refractivity (Wildman–Crippen MR) is 82.2 cm³/mol. The molecule has 0 radical (unpaired) electrons. The molecule has 6 nitrogen and oxygen atoms in total. The Morgan fingerprint density at radius 3 is 2.45 bits per heavy atom. The third kappa shape index (κ3) is 4.24. The summed E-state index contributed by atoms with van der Waals surface area (Å²) < 4.78 is 0. The van der Waals surface area contributed by atoms with Gasteiger partial charge in [0.15, 0.2) is 5.78 Å². The molecule has 6 heteroatoms. The molecule has 2 aromatic carbocycles. The SMILES string of the molecule is CC(=O)C(N=Nc1cccc(O)c1)C(=O)Nc1ccccc1. The number of phenolic OH excluding ortho intramolecular Hbond substituents is 1. The number of amides is 1. The Kier molecular flexibility index (Phi) is 4.98. The van der Waals surface area contributed by atoms with Gasteiger partial charge in [-0.1, -0.05) is 24.3 Å². The predicted octanol–water partition coefficient (Wildman–Crippen LogP) is 3.07. The number of ketones is 1. The number of benzene rings is 2.